The number of halogens is 5. The second-order valence-corrected chi connectivity index (χ2v) is 15.4. The maximum atomic E-state index is 14.8. The lowest BCUT2D eigenvalue weighted by Gasteiger charge is -2.41. The summed E-state index contributed by atoms with van der Waals surface area (Å²) in [5, 5.41) is 2.94. The van der Waals surface area contributed by atoms with Gasteiger partial charge in [0.2, 0.25) is 5.91 Å². The largest absolute Gasteiger partial charge is 0.445 e. The van der Waals surface area contributed by atoms with E-state index in [1.54, 1.807) is 30.3 Å². The van der Waals surface area contributed by atoms with Gasteiger partial charge in [0.25, 0.3) is 5.91 Å². The number of aromatic nitrogens is 1. The number of nitrogens with one attached hydrogen (secondary N) is 1. The molecule has 3 amide bonds. The van der Waals surface area contributed by atoms with Gasteiger partial charge in [-0.1, -0.05) is 55.8 Å². The van der Waals surface area contributed by atoms with Crippen molar-refractivity contribution in [1.29, 1.82) is 0 Å². The minimum absolute atomic E-state index is 0.0503. The zero-order chi connectivity index (χ0) is 36.4. The molecule has 1 N–H and O–H groups in total. The van der Waals surface area contributed by atoms with Crippen LogP contribution in [0.4, 0.5) is 29.9 Å². The number of ether oxygens (including phenoxy) is 3. The summed E-state index contributed by atoms with van der Waals surface area (Å²) in [7, 11) is -8.70. The van der Waals surface area contributed by atoms with Crippen LogP contribution in [0.1, 0.15) is 50.3 Å². The van der Waals surface area contributed by atoms with Crippen LogP contribution < -0.4 is 10.2 Å². The van der Waals surface area contributed by atoms with Crippen molar-refractivity contribution in [2.24, 2.45) is 0 Å². The van der Waals surface area contributed by atoms with Crippen molar-refractivity contribution in [3.63, 3.8) is 0 Å². The van der Waals surface area contributed by atoms with E-state index < -0.39 is 62.9 Å². The Labute approximate surface area is 286 Å². The summed E-state index contributed by atoms with van der Waals surface area (Å²) in [6, 6.07) is 10.3. The number of pyridine rings is 1. The number of carbonyl (C=O) groups is 3. The van der Waals surface area contributed by atoms with Gasteiger partial charge in [-0.2, -0.15) is 0 Å². The van der Waals surface area contributed by atoms with Crippen LogP contribution in [-0.4, -0.2) is 71.8 Å². The Bertz CT molecular complexity index is 1690. The third-order valence-corrected chi connectivity index (χ3v) is 9.83. The first-order valence-electron chi connectivity index (χ1n) is 15.9. The summed E-state index contributed by atoms with van der Waals surface area (Å²) in [6.07, 6.45) is 2.06. The molecule has 2 saturated heterocycles. The zero-order valence-corrected chi connectivity index (χ0v) is 28.5. The Morgan fingerprint density at radius 2 is 1.74 bits per heavy atom. The van der Waals surface area contributed by atoms with Gasteiger partial charge >= 0.3 is 16.3 Å². The summed E-state index contributed by atoms with van der Waals surface area (Å²) in [4.78, 5) is 46.5. The van der Waals surface area contributed by atoms with Crippen LogP contribution in [0.15, 0.2) is 84.0 Å². The van der Waals surface area contributed by atoms with Crippen molar-refractivity contribution in [2.75, 3.05) is 25.2 Å². The monoisotopic (exact) mass is 726 g/mol. The predicted octanol–water partition coefficient (Wildman–Crippen LogP) is 7.31. The van der Waals surface area contributed by atoms with Gasteiger partial charge in [0.05, 0.1) is 18.2 Å². The van der Waals surface area contributed by atoms with Crippen molar-refractivity contribution >= 4 is 33.8 Å². The van der Waals surface area contributed by atoms with Crippen LogP contribution in [0, 0.1) is 0 Å². The summed E-state index contributed by atoms with van der Waals surface area (Å²) >= 11 is 0. The highest BCUT2D eigenvalue weighted by atomic mass is 32.5. The fourth-order valence-corrected chi connectivity index (χ4v) is 6.88. The highest BCUT2D eigenvalue weighted by Crippen LogP contribution is 3.02. The smallest absolute Gasteiger partial charge is 0.410 e. The number of nitrogens with zero attached hydrogens (tertiary/aromatic N) is 3. The molecule has 10 nitrogen and oxygen atoms in total. The van der Waals surface area contributed by atoms with E-state index in [-0.39, 0.29) is 43.0 Å². The average Bonchev–Trinajstić information content (AvgIpc) is 3.50. The first kappa shape index (κ1) is 37.0. The maximum Gasteiger partial charge on any atom is 0.410 e. The Hall–Kier alpha value is -4.28. The molecule has 4 atom stereocenters. The second kappa shape index (κ2) is 13.5. The molecule has 0 saturated carbocycles. The van der Waals surface area contributed by atoms with Crippen LogP contribution in [0.2, 0.25) is 0 Å². The van der Waals surface area contributed by atoms with Gasteiger partial charge in [0, 0.05) is 49.8 Å². The molecule has 3 aromatic rings. The zero-order valence-electron chi connectivity index (χ0n) is 27.6. The third-order valence-electron chi connectivity index (χ3n) is 8.67. The van der Waals surface area contributed by atoms with E-state index in [0.29, 0.717) is 37.1 Å². The fraction of sp³-hybridized carbons (Fsp3) is 0.412. The van der Waals surface area contributed by atoms with Crippen LogP contribution >= 0.6 is 10.2 Å². The Morgan fingerprint density at radius 1 is 1.04 bits per heavy atom. The topological polar surface area (TPSA) is 110 Å². The van der Waals surface area contributed by atoms with E-state index in [2.05, 4.69) is 10.3 Å². The number of methoxy groups -OCH3 is 1. The highest BCUT2D eigenvalue weighted by Gasteiger charge is 2.65. The van der Waals surface area contributed by atoms with Gasteiger partial charge in [0.1, 0.15) is 23.6 Å². The molecule has 3 heterocycles. The minimum atomic E-state index is -10.1. The lowest BCUT2D eigenvalue weighted by atomic mass is 9.93. The molecular weight excluding hydrogens is 687 g/mol. The summed E-state index contributed by atoms with van der Waals surface area (Å²) in [5.41, 5.74) is -0.00549. The van der Waals surface area contributed by atoms with Crippen LogP contribution in [0.5, 0.6) is 0 Å². The third kappa shape index (κ3) is 8.89. The summed E-state index contributed by atoms with van der Waals surface area (Å²) in [5.74, 6) is -1.58. The quantitative estimate of drug-likeness (QED) is 0.218. The van der Waals surface area contributed by atoms with E-state index in [9.17, 15) is 33.8 Å². The molecular formula is C34H39F5N4O6S. The van der Waals surface area contributed by atoms with Gasteiger partial charge in [0.15, 0.2) is 0 Å². The Kier molecular flexibility index (Phi) is 9.95. The van der Waals surface area contributed by atoms with Crippen LogP contribution in [0.25, 0.3) is 0 Å². The van der Waals surface area contributed by atoms with E-state index in [0.717, 1.165) is 9.80 Å². The number of rotatable bonds is 10. The van der Waals surface area contributed by atoms with Gasteiger partial charge in [-0.15, -0.1) is 0 Å². The van der Waals surface area contributed by atoms with Crippen molar-refractivity contribution in [3.8, 4) is 0 Å². The lowest BCUT2D eigenvalue weighted by molar-refractivity contribution is -0.130. The molecule has 1 aromatic heterocycles. The molecule has 2 aliphatic heterocycles. The van der Waals surface area contributed by atoms with Gasteiger partial charge in [-0.05, 0) is 62.6 Å². The highest BCUT2D eigenvalue weighted by molar-refractivity contribution is 8.45. The van der Waals surface area contributed by atoms with E-state index in [1.165, 1.54) is 31.6 Å². The molecule has 2 aromatic carbocycles. The molecule has 0 radical (unpaired) electrons. The molecule has 0 spiro atoms. The molecule has 5 rings (SSSR count). The van der Waals surface area contributed by atoms with Gasteiger partial charge in [-0.25, -0.2) is 4.79 Å². The minimum Gasteiger partial charge on any atom is -0.445 e. The van der Waals surface area contributed by atoms with E-state index in [4.69, 9.17) is 14.2 Å². The molecule has 2 aliphatic rings. The first-order valence-corrected chi connectivity index (χ1v) is 17.8. The summed E-state index contributed by atoms with van der Waals surface area (Å²) < 4.78 is 85.5. The Balaban J connectivity index is 1.56. The molecule has 2 fully saturated rings. The van der Waals surface area contributed by atoms with Crippen LogP contribution in [0.3, 0.4) is 0 Å². The molecule has 0 aliphatic carbocycles. The second-order valence-electron chi connectivity index (χ2n) is 13.0. The normalized spacial score (nSPS) is 22.5. The first-order chi connectivity index (χ1) is 23.3. The number of hydrogen-bond donors (Lipinski definition) is 1. The average molecular weight is 727 g/mol. The predicted molar refractivity (Wildman–Crippen MR) is 176 cm³/mol. The summed E-state index contributed by atoms with van der Waals surface area (Å²) in [6.45, 7) is 3.87. The Morgan fingerprint density at radius 3 is 2.34 bits per heavy atom. The van der Waals surface area contributed by atoms with Gasteiger partial charge < -0.3 is 19.5 Å². The van der Waals surface area contributed by atoms with E-state index in [1.807, 2.05) is 13.8 Å². The molecule has 272 valence electrons. The van der Waals surface area contributed by atoms with Gasteiger partial charge in [-0.3, -0.25) is 24.4 Å². The molecule has 0 bridgehead atoms. The standard InChI is InChI=1S/C34H39F5N4O6S/c1-34(2)19-25(15-17-49-34)41-31(44)30(24-10-7-16-40-20-24)43(26-11-13-28(14-12-26)50(35,36,37,38)39)32(45)29-18-27(47-3)21-42(29)33(46)48-22-23-8-5-4-6-9-23/h4-14,16,20,25,27,29-30H,15,17-19,21-22H2,1-3H3,(H,41,44)/t25?,27-,29-,30?/m1/s1. The number of anilines is 1. The van der Waals surface area contributed by atoms with Crippen LogP contribution in [-0.2, 0) is 30.4 Å². The van der Waals surface area contributed by atoms with Crippen molar-refractivity contribution in [3.05, 3.63) is 90.3 Å². The molecule has 50 heavy (non-hydrogen) atoms. The number of carbonyl (C=O) groups excluding carboxylic acids is 3. The fourth-order valence-electron chi connectivity index (χ4n) is 6.22. The number of benzene rings is 2. The van der Waals surface area contributed by atoms with Crippen molar-refractivity contribution in [2.45, 2.75) is 74.4 Å². The lowest BCUT2D eigenvalue weighted by Crippen LogP contribution is -2.54. The number of hydrogen-bond acceptors (Lipinski definition) is 7. The maximum absolute atomic E-state index is 14.8. The molecule has 16 heteroatoms. The van der Waals surface area contributed by atoms with Crippen molar-refractivity contribution in [1.82, 2.24) is 15.2 Å². The van der Waals surface area contributed by atoms with Crippen molar-refractivity contribution < 1.29 is 48.0 Å². The van der Waals surface area contributed by atoms with E-state index >= 15 is 0 Å². The number of likely N-dealkylation sites (tertiary alicyclic amines) is 1. The SMILES string of the molecule is CO[C@@H]1C[C@H](C(=O)N(c2ccc(S(F)(F)(F)(F)F)cc2)C(C(=O)NC2CCOC(C)(C)C2)c2cccnc2)N(C(=O)OCc2ccccc2)C1. The number of amides is 3. The molecule has 2 unspecified atom stereocenters.